The van der Waals surface area contributed by atoms with Crippen LogP contribution >= 0.6 is 12.2 Å². The van der Waals surface area contributed by atoms with Crippen LogP contribution in [0.3, 0.4) is 0 Å². The van der Waals surface area contributed by atoms with Gasteiger partial charge in [-0.1, -0.05) is 0 Å². The van der Waals surface area contributed by atoms with Gasteiger partial charge in [-0.15, -0.1) is 0 Å². The van der Waals surface area contributed by atoms with Crippen LogP contribution in [0.4, 0.5) is 20.2 Å². The summed E-state index contributed by atoms with van der Waals surface area (Å²) in [7, 11) is 0. The number of hydrogen-bond donors (Lipinski definition) is 3. The Hall–Kier alpha value is -2.55. The Morgan fingerprint density at radius 1 is 1.36 bits per heavy atom. The standard InChI is InChI=1S/C13H13F2N5OS/c1-2-20-11(12(16)21)10(6-17-20)19-13(22)18-9-4-3-7(14)5-8(9)15/h3-6H,2H2,1H3,(H2,16,21)(H2,18,19,22). The summed E-state index contributed by atoms with van der Waals surface area (Å²) >= 11 is 5.03. The van der Waals surface area contributed by atoms with E-state index in [2.05, 4.69) is 15.7 Å². The minimum absolute atomic E-state index is 0.00223. The van der Waals surface area contributed by atoms with Gasteiger partial charge in [0.2, 0.25) is 0 Å². The number of aromatic nitrogens is 2. The lowest BCUT2D eigenvalue weighted by molar-refractivity contribution is 0.0991. The maximum absolute atomic E-state index is 13.5. The topological polar surface area (TPSA) is 85.0 Å². The molecule has 1 aromatic carbocycles. The number of anilines is 2. The van der Waals surface area contributed by atoms with E-state index < -0.39 is 17.5 Å². The molecule has 2 rings (SSSR count). The summed E-state index contributed by atoms with van der Waals surface area (Å²) in [6, 6.07) is 3.04. The first-order chi connectivity index (χ1) is 10.4. The fraction of sp³-hybridized carbons (Fsp3) is 0.154. The van der Waals surface area contributed by atoms with Gasteiger partial charge in [-0.25, -0.2) is 8.78 Å². The second kappa shape index (κ2) is 6.48. The second-order valence-corrected chi connectivity index (χ2v) is 4.70. The van der Waals surface area contributed by atoms with Gasteiger partial charge in [0.15, 0.2) is 5.11 Å². The molecule has 0 radical (unpaired) electrons. The third kappa shape index (κ3) is 3.37. The maximum Gasteiger partial charge on any atom is 0.269 e. The van der Waals surface area contributed by atoms with Crippen molar-refractivity contribution >= 4 is 34.6 Å². The molecule has 4 N–H and O–H groups in total. The quantitative estimate of drug-likeness (QED) is 0.750. The minimum Gasteiger partial charge on any atom is -0.364 e. The fourth-order valence-corrected chi connectivity index (χ4v) is 2.06. The van der Waals surface area contributed by atoms with E-state index in [-0.39, 0.29) is 16.5 Å². The predicted molar refractivity (Wildman–Crippen MR) is 82.6 cm³/mol. The van der Waals surface area contributed by atoms with Gasteiger partial charge in [0.1, 0.15) is 17.3 Å². The Bertz CT molecular complexity index is 731. The Kier molecular flexibility index (Phi) is 4.66. The van der Waals surface area contributed by atoms with Crippen LogP contribution in [0.25, 0.3) is 0 Å². The molecule has 22 heavy (non-hydrogen) atoms. The number of carbonyl (C=O) groups is 1. The van der Waals surface area contributed by atoms with Gasteiger partial charge in [0, 0.05) is 12.6 Å². The van der Waals surface area contributed by atoms with Crippen LogP contribution in [-0.2, 0) is 6.54 Å². The smallest absolute Gasteiger partial charge is 0.269 e. The van der Waals surface area contributed by atoms with Crippen molar-refractivity contribution in [1.82, 2.24) is 9.78 Å². The fourth-order valence-electron chi connectivity index (χ4n) is 1.84. The number of carbonyl (C=O) groups excluding carboxylic acids is 1. The molecule has 0 aliphatic carbocycles. The molecule has 1 amide bonds. The number of nitrogens with two attached hydrogens (primary N) is 1. The monoisotopic (exact) mass is 325 g/mol. The number of thiocarbonyl (C=S) groups is 1. The summed E-state index contributed by atoms with van der Waals surface area (Å²) in [6.07, 6.45) is 1.39. The lowest BCUT2D eigenvalue weighted by Crippen LogP contribution is -2.23. The number of halogens is 2. The van der Waals surface area contributed by atoms with Gasteiger partial charge in [0.05, 0.1) is 17.6 Å². The second-order valence-electron chi connectivity index (χ2n) is 4.29. The summed E-state index contributed by atoms with van der Waals surface area (Å²) in [4.78, 5) is 11.5. The first-order valence-electron chi connectivity index (χ1n) is 6.31. The molecule has 9 heteroatoms. The van der Waals surface area contributed by atoms with E-state index in [4.69, 9.17) is 18.0 Å². The highest BCUT2D eigenvalue weighted by atomic mass is 32.1. The van der Waals surface area contributed by atoms with E-state index in [0.717, 1.165) is 12.1 Å². The van der Waals surface area contributed by atoms with E-state index in [1.165, 1.54) is 16.9 Å². The molecule has 0 aliphatic heterocycles. The zero-order chi connectivity index (χ0) is 16.3. The Balaban J connectivity index is 2.16. The molecular weight excluding hydrogens is 312 g/mol. The van der Waals surface area contributed by atoms with E-state index in [1.807, 2.05) is 0 Å². The lowest BCUT2D eigenvalue weighted by atomic mass is 10.3. The van der Waals surface area contributed by atoms with Crippen molar-refractivity contribution in [2.24, 2.45) is 5.73 Å². The van der Waals surface area contributed by atoms with Crippen molar-refractivity contribution in [1.29, 1.82) is 0 Å². The highest BCUT2D eigenvalue weighted by Gasteiger charge is 2.16. The summed E-state index contributed by atoms with van der Waals surface area (Å²) in [5, 5.41) is 9.29. The SMILES string of the molecule is CCn1ncc(NC(=S)Nc2ccc(F)cc2F)c1C(N)=O. The summed E-state index contributed by atoms with van der Waals surface area (Å²) < 4.78 is 27.8. The maximum atomic E-state index is 13.5. The van der Waals surface area contributed by atoms with Gasteiger partial charge in [-0.3, -0.25) is 9.48 Å². The molecule has 1 aromatic heterocycles. The van der Waals surface area contributed by atoms with Crippen molar-refractivity contribution in [3.8, 4) is 0 Å². The zero-order valence-corrected chi connectivity index (χ0v) is 12.4. The molecule has 0 fully saturated rings. The van der Waals surface area contributed by atoms with Crippen molar-refractivity contribution in [3.05, 3.63) is 41.7 Å². The number of rotatable bonds is 4. The van der Waals surface area contributed by atoms with Gasteiger partial charge < -0.3 is 16.4 Å². The minimum atomic E-state index is -0.788. The van der Waals surface area contributed by atoms with Crippen LogP contribution < -0.4 is 16.4 Å². The Labute approximate surface area is 130 Å². The van der Waals surface area contributed by atoms with Gasteiger partial charge in [-0.05, 0) is 31.3 Å². The van der Waals surface area contributed by atoms with Crippen molar-refractivity contribution in [3.63, 3.8) is 0 Å². The van der Waals surface area contributed by atoms with Gasteiger partial charge in [0.25, 0.3) is 5.91 Å². The molecule has 2 aromatic rings. The Morgan fingerprint density at radius 2 is 2.05 bits per heavy atom. The highest BCUT2D eigenvalue weighted by Crippen LogP contribution is 2.17. The number of nitrogens with one attached hydrogen (secondary N) is 2. The third-order valence-corrected chi connectivity index (χ3v) is 3.00. The van der Waals surface area contributed by atoms with Crippen LogP contribution in [0.5, 0.6) is 0 Å². The zero-order valence-electron chi connectivity index (χ0n) is 11.6. The molecule has 6 nitrogen and oxygen atoms in total. The van der Waals surface area contributed by atoms with Gasteiger partial charge >= 0.3 is 0 Å². The van der Waals surface area contributed by atoms with Crippen LogP contribution in [0.15, 0.2) is 24.4 Å². The van der Waals surface area contributed by atoms with Crippen LogP contribution in [0, 0.1) is 11.6 Å². The number of hydrogen-bond acceptors (Lipinski definition) is 3. The molecule has 0 bridgehead atoms. The third-order valence-electron chi connectivity index (χ3n) is 2.80. The van der Waals surface area contributed by atoms with Crippen molar-refractivity contribution < 1.29 is 13.6 Å². The van der Waals surface area contributed by atoms with Gasteiger partial charge in [-0.2, -0.15) is 5.10 Å². The van der Waals surface area contributed by atoms with E-state index in [0.29, 0.717) is 12.2 Å². The highest BCUT2D eigenvalue weighted by molar-refractivity contribution is 7.80. The summed E-state index contributed by atoms with van der Waals surface area (Å²) in [5.41, 5.74) is 5.76. The van der Waals surface area contributed by atoms with Crippen LogP contribution in [-0.4, -0.2) is 20.8 Å². The molecule has 0 saturated carbocycles. The number of amides is 1. The summed E-state index contributed by atoms with van der Waals surface area (Å²) in [5.74, 6) is -2.15. The number of aryl methyl sites for hydroxylation is 1. The molecule has 116 valence electrons. The molecule has 0 unspecified atom stereocenters. The van der Waals surface area contributed by atoms with Crippen LogP contribution in [0.1, 0.15) is 17.4 Å². The molecule has 0 aliphatic rings. The van der Waals surface area contributed by atoms with E-state index in [1.54, 1.807) is 6.92 Å². The Morgan fingerprint density at radius 3 is 2.64 bits per heavy atom. The predicted octanol–water partition coefficient (Wildman–Crippen LogP) is 2.09. The van der Waals surface area contributed by atoms with Crippen molar-refractivity contribution in [2.75, 3.05) is 10.6 Å². The molecule has 1 heterocycles. The van der Waals surface area contributed by atoms with E-state index >= 15 is 0 Å². The number of primary amides is 1. The first-order valence-corrected chi connectivity index (χ1v) is 6.71. The number of nitrogens with zero attached hydrogens (tertiary/aromatic N) is 2. The largest absolute Gasteiger partial charge is 0.364 e. The molecule has 0 spiro atoms. The number of benzene rings is 1. The van der Waals surface area contributed by atoms with E-state index in [9.17, 15) is 13.6 Å². The molecule has 0 saturated heterocycles. The normalized spacial score (nSPS) is 10.3. The molecule has 0 atom stereocenters. The van der Waals surface area contributed by atoms with Crippen LogP contribution in [0.2, 0.25) is 0 Å². The lowest BCUT2D eigenvalue weighted by Gasteiger charge is -2.11. The average Bonchev–Trinajstić information content (AvgIpc) is 2.84. The first kappa shape index (κ1) is 15.8. The molecular formula is C13H13F2N5OS. The van der Waals surface area contributed by atoms with Crippen molar-refractivity contribution in [2.45, 2.75) is 13.5 Å². The summed E-state index contributed by atoms with van der Waals surface area (Å²) in [6.45, 7) is 2.25. The average molecular weight is 325 g/mol.